The van der Waals surface area contributed by atoms with Gasteiger partial charge in [-0.2, -0.15) is 4.37 Å². The van der Waals surface area contributed by atoms with Crippen molar-refractivity contribution in [1.82, 2.24) is 9.69 Å². The SMILES string of the molecule is COc1ccc(C(C(=O)NCc2ccccc2)N(C(=O)c2snc(C(N)=O)c2N)c2ccccc2F)cc1. The number of nitrogen functional groups attached to an aromatic ring is 1. The maximum Gasteiger partial charge on any atom is 0.273 e. The molecule has 0 aliphatic rings. The van der Waals surface area contributed by atoms with Crippen LogP contribution in [0.4, 0.5) is 15.8 Å². The van der Waals surface area contributed by atoms with E-state index in [-0.39, 0.29) is 28.5 Å². The molecule has 0 aliphatic carbocycles. The van der Waals surface area contributed by atoms with Gasteiger partial charge in [0, 0.05) is 6.54 Å². The molecule has 4 rings (SSSR count). The predicted molar refractivity (Wildman–Crippen MR) is 142 cm³/mol. The van der Waals surface area contributed by atoms with Crippen LogP contribution in [0.3, 0.4) is 0 Å². The minimum absolute atomic E-state index is 0.156. The lowest BCUT2D eigenvalue weighted by molar-refractivity contribution is -0.122. The molecule has 1 atom stereocenters. The summed E-state index contributed by atoms with van der Waals surface area (Å²) in [5.41, 5.74) is 11.9. The quantitative estimate of drug-likeness (QED) is 0.300. The fraction of sp³-hybridized carbons (Fsp3) is 0.111. The molecule has 0 fully saturated rings. The van der Waals surface area contributed by atoms with Crippen molar-refractivity contribution in [2.75, 3.05) is 17.7 Å². The van der Waals surface area contributed by atoms with E-state index in [2.05, 4.69) is 9.69 Å². The third kappa shape index (κ3) is 5.47. The van der Waals surface area contributed by atoms with Gasteiger partial charge in [-0.15, -0.1) is 0 Å². The number of benzene rings is 3. The Morgan fingerprint density at radius 3 is 2.29 bits per heavy atom. The number of primary amides is 1. The molecule has 0 bridgehead atoms. The minimum atomic E-state index is -1.33. The standard InChI is InChI=1S/C27H24FN5O4S/c1-37-18-13-11-17(12-14-18)23(26(35)31-15-16-7-3-2-4-8-16)33(20-10-6-5-9-19(20)28)27(36)24-21(29)22(25(30)34)32-38-24/h2-14,23H,15,29H2,1H3,(H2,30,34)(H,31,35). The smallest absolute Gasteiger partial charge is 0.273 e. The highest BCUT2D eigenvalue weighted by atomic mass is 32.1. The summed E-state index contributed by atoms with van der Waals surface area (Å²) >= 11 is 0.641. The third-order valence-electron chi connectivity index (χ3n) is 5.73. The maximum absolute atomic E-state index is 15.2. The topological polar surface area (TPSA) is 141 Å². The number of hydrogen-bond donors (Lipinski definition) is 3. The lowest BCUT2D eigenvalue weighted by Crippen LogP contribution is -2.44. The molecular weight excluding hydrogens is 509 g/mol. The van der Waals surface area contributed by atoms with Gasteiger partial charge in [0.25, 0.3) is 11.8 Å². The summed E-state index contributed by atoms with van der Waals surface area (Å²) in [5.74, 6) is -2.53. The normalized spacial score (nSPS) is 11.4. The largest absolute Gasteiger partial charge is 0.497 e. The zero-order valence-corrected chi connectivity index (χ0v) is 21.1. The van der Waals surface area contributed by atoms with E-state index in [0.29, 0.717) is 22.8 Å². The van der Waals surface area contributed by atoms with Crippen molar-refractivity contribution in [1.29, 1.82) is 0 Å². The number of methoxy groups -OCH3 is 1. The molecule has 0 spiro atoms. The predicted octanol–water partition coefficient (Wildman–Crippen LogP) is 3.68. The highest BCUT2D eigenvalue weighted by Gasteiger charge is 2.37. The molecule has 5 N–H and O–H groups in total. The molecule has 0 saturated heterocycles. The number of hydrogen-bond acceptors (Lipinski definition) is 7. The van der Waals surface area contributed by atoms with Crippen LogP contribution in [0, 0.1) is 5.82 Å². The second kappa shape index (κ2) is 11.5. The first-order chi connectivity index (χ1) is 18.3. The van der Waals surface area contributed by atoms with Crippen molar-refractivity contribution in [2.45, 2.75) is 12.6 Å². The van der Waals surface area contributed by atoms with Gasteiger partial charge in [-0.1, -0.05) is 54.6 Å². The van der Waals surface area contributed by atoms with E-state index in [0.717, 1.165) is 10.5 Å². The summed E-state index contributed by atoms with van der Waals surface area (Å²) in [6, 6.07) is 19.9. The molecule has 1 heterocycles. The second-order valence-electron chi connectivity index (χ2n) is 8.14. The molecule has 194 valence electrons. The van der Waals surface area contributed by atoms with E-state index in [1.165, 1.54) is 31.4 Å². The van der Waals surface area contributed by atoms with E-state index in [1.807, 2.05) is 30.3 Å². The van der Waals surface area contributed by atoms with Gasteiger partial charge in [0.15, 0.2) is 5.69 Å². The highest BCUT2D eigenvalue weighted by Crippen LogP contribution is 2.35. The van der Waals surface area contributed by atoms with Gasteiger partial charge in [0.2, 0.25) is 5.91 Å². The lowest BCUT2D eigenvalue weighted by atomic mass is 10.0. The summed E-state index contributed by atoms with van der Waals surface area (Å²) in [6.07, 6.45) is 0. The molecule has 3 aromatic carbocycles. The van der Waals surface area contributed by atoms with Crippen molar-refractivity contribution >= 4 is 40.6 Å². The van der Waals surface area contributed by atoms with Crippen molar-refractivity contribution in [2.24, 2.45) is 5.73 Å². The average Bonchev–Trinajstić information content (AvgIpc) is 3.33. The second-order valence-corrected chi connectivity index (χ2v) is 8.92. The number of amides is 3. The van der Waals surface area contributed by atoms with Gasteiger partial charge in [-0.3, -0.25) is 19.3 Å². The Balaban J connectivity index is 1.84. The molecule has 38 heavy (non-hydrogen) atoms. The summed E-state index contributed by atoms with van der Waals surface area (Å²) in [7, 11) is 1.50. The van der Waals surface area contributed by atoms with E-state index >= 15 is 4.39 Å². The number of nitrogens with zero attached hydrogens (tertiary/aromatic N) is 2. The van der Waals surface area contributed by atoms with Crippen LogP contribution < -0.4 is 26.4 Å². The zero-order valence-electron chi connectivity index (χ0n) is 20.3. The van der Waals surface area contributed by atoms with E-state index < -0.39 is 29.6 Å². The van der Waals surface area contributed by atoms with Gasteiger partial charge in [-0.25, -0.2) is 4.39 Å². The Kier molecular flexibility index (Phi) is 7.97. The van der Waals surface area contributed by atoms with Crippen molar-refractivity contribution in [3.8, 4) is 5.75 Å². The first kappa shape index (κ1) is 26.3. The van der Waals surface area contributed by atoms with Crippen LogP contribution in [0.2, 0.25) is 0 Å². The number of rotatable bonds is 9. The van der Waals surface area contributed by atoms with Crippen molar-refractivity contribution in [3.05, 3.63) is 106 Å². The fourth-order valence-electron chi connectivity index (χ4n) is 3.84. The fourth-order valence-corrected chi connectivity index (χ4v) is 4.58. The highest BCUT2D eigenvalue weighted by molar-refractivity contribution is 7.09. The van der Waals surface area contributed by atoms with Gasteiger partial charge in [0.1, 0.15) is 22.5 Å². The van der Waals surface area contributed by atoms with Crippen LogP contribution in [0.15, 0.2) is 78.9 Å². The summed E-state index contributed by atoms with van der Waals surface area (Å²) < 4.78 is 24.3. The van der Waals surface area contributed by atoms with Crippen LogP contribution in [0.25, 0.3) is 0 Å². The monoisotopic (exact) mass is 533 g/mol. The summed E-state index contributed by atoms with van der Waals surface area (Å²) in [6.45, 7) is 0.167. The van der Waals surface area contributed by atoms with Crippen LogP contribution >= 0.6 is 11.5 Å². The number of carbonyl (C=O) groups excluding carboxylic acids is 3. The maximum atomic E-state index is 15.2. The first-order valence-corrected chi connectivity index (χ1v) is 12.2. The number of para-hydroxylation sites is 1. The molecule has 0 saturated carbocycles. The Bertz CT molecular complexity index is 1460. The molecule has 0 aliphatic heterocycles. The molecule has 11 heteroatoms. The number of nitrogens with one attached hydrogen (secondary N) is 1. The molecule has 1 unspecified atom stereocenters. The van der Waals surface area contributed by atoms with Gasteiger partial charge < -0.3 is 21.5 Å². The molecule has 3 amide bonds. The molecule has 1 aromatic heterocycles. The Morgan fingerprint density at radius 2 is 1.68 bits per heavy atom. The first-order valence-electron chi connectivity index (χ1n) is 11.4. The van der Waals surface area contributed by atoms with Crippen LogP contribution in [-0.2, 0) is 11.3 Å². The zero-order chi connectivity index (χ0) is 27.2. The third-order valence-corrected chi connectivity index (χ3v) is 6.59. The van der Waals surface area contributed by atoms with E-state index in [9.17, 15) is 14.4 Å². The number of carbonyl (C=O) groups is 3. The number of halogens is 1. The van der Waals surface area contributed by atoms with Crippen LogP contribution in [0.1, 0.15) is 37.3 Å². The van der Waals surface area contributed by atoms with Gasteiger partial charge >= 0.3 is 0 Å². The van der Waals surface area contributed by atoms with Crippen LogP contribution in [0.5, 0.6) is 5.75 Å². The Hall–Kier alpha value is -4.77. The lowest BCUT2D eigenvalue weighted by Gasteiger charge is -2.31. The minimum Gasteiger partial charge on any atom is -0.497 e. The average molecular weight is 534 g/mol. The van der Waals surface area contributed by atoms with Crippen molar-refractivity contribution in [3.63, 3.8) is 0 Å². The van der Waals surface area contributed by atoms with E-state index in [4.69, 9.17) is 16.2 Å². The molecule has 4 aromatic rings. The van der Waals surface area contributed by atoms with Crippen molar-refractivity contribution < 1.29 is 23.5 Å². The number of ether oxygens (including phenoxy) is 1. The molecule has 0 radical (unpaired) electrons. The number of nitrogens with two attached hydrogens (primary N) is 2. The number of aromatic nitrogens is 1. The molecule has 9 nitrogen and oxygen atoms in total. The van der Waals surface area contributed by atoms with E-state index in [1.54, 1.807) is 24.3 Å². The summed E-state index contributed by atoms with van der Waals surface area (Å²) in [4.78, 5) is 40.3. The summed E-state index contributed by atoms with van der Waals surface area (Å²) in [5, 5.41) is 2.84. The Morgan fingerprint density at radius 1 is 1.03 bits per heavy atom. The van der Waals surface area contributed by atoms with Gasteiger partial charge in [-0.05, 0) is 46.9 Å². The Labute approximate surface area is 222 Å². The van der Waals surface area contributed by atoms with Crippen LogP contribution in [-0.4, -0.2) is 29.2 Å². The molecular formula is C27H24FN5O4S. The number of anilines is 2. The van der Waals surface area contributed by atoms with Gasteiger partial charge in [0.05, 0.1) is 18.5 Å².